The summed E-state index contributed by atoms with van der Waals surface area (Å²) in [6.45, 7) is 0.828. The molecule has 0 bridgehead atoms. The molecule has 0 aliphatic carbocycles. The van der Waals surface area contributed by atoms with Crippen molar-refractivity contribution in [2.24, 2.45) is 0 Å². The van der Waals surface area contributed by atoms with Gasteiger partial charge in [0.1, 0.15) is 6.10 Å². The van der Waals surface area contributed by atoms with Crippen molar-refractivity contribution in [3.05, 3.63) is 23.8 Å². The highest BCUT2D eigenvalue weighted by Crippen LogP contribution is 2.29. The molecule has 2 N–H and O–H groups in total. The molecule has 1 aliphatic heterocycles. The third kappa shape index (κ3) is 3.77. The van der Waals surface area contributed by atoms with E-state index >= 15 is 0 Å². The smallest absolute Gasteiger partial charge is 0.456 e. The van der Waals surface area contributed by atoms with Gasteiger partial charge in [0, 0.05) is 6.42 Å². The zero-order valence-electron chi connectivity index (χ0n) is 10.3. The van der Waals surface area contributed by atoms with E-state index in [1.807, 2.05) is 0 Å². The Morgan fingerprint density at radius 2 is 2.15 bits per heavy atom. The van der Waals surface area contributed by atoms with Gasteiger partial charge in [-0.3, -0.25) is 0 Å². The molecule has 1 aliphatic rings. The SMILES string of the molecule is Nc1cc(C(=O)OC2CCOC2)ccc1OC(F)(F)F. The van der Waals surface area contributed by atoms with Crippen LogP contribution in [0.25, 0.3) is 0 Å². The lowest BCUT2D eigenvalue weighted by Gasteiger charge is -2.13. The van der Waals surface area contributed by atoms with Crippen LogP contribution in [-0.4, -0.2) is 31.6 Å². The van der Waals surface area contributed by atoms with E-state index in [0.717, 1.165) is 18.2 Å². The number of carbonyl (C=O) groups excluding carboxylic acids is 1. The molecule has 20 heavy (non-hydrogen) atoms. The van der Waals surface area contributed by atoms with Gasteiger partial charge in [-0.2, -0.15) is 0 Å². The minimum atomic E-state index is -4.84. The van der Waals surface area contributed by atoms with Gasteiger partial charge in [-0.15, -0.1) is 13.2 Å². The lowest BCUT2D eigenvalue weighted by atomic mass is 10.2. The number of ether oxygens (including phenoxy) is 3. The van der Waals surface area contributed by atoms with Gasteiger partial charge in [-0.05, 0) is 18.2 Å². The number of nitrogen functional groups attached to an aromatic ring is 1. The molecule has 1 aromatic carbocycles. The summed E-state index contributed by atoms with van der Waals surface area (Å²) >= 11 is 0. The van der Waals surface area contributed by atoms with Crippen LogP contribution in [0.5, 0.6) is 5.75 Å². The van der Waals surface area contributed by atoms with Gasteiger partial charge in [0.25, 0.3) is 0 Å². The fourth-order valence-electron chi connectivity index (χ4n) is 1.72. The van der Waals surface area contributed by atoms with Crippen molar-refractivity contribution in [1.29, 1.82) is 0 Å². The Balaban J connectivity index is 2.06. The fraction of sp³-hybridized carbons (Fsp3) is 0.417. The monoisotopic (exact) mass is 291 g/mol. The number of anilines is 1. The van der Waals surface area contributed by atoms with Gasteiger partial charge in [0.15, 0.2) is 5.75 Å². The Hall–Kier alpha value is -1.96. The summed E-state index contributed by atoms with van der Waals surface area (Å²) in [6, 6.07) is 3.22. The van der Waals surface area contributed by atoms with Crippen LogP contribution in [0.3, 0.4) is 0 Å². The third-order valence-electron chi connectivity index (χ3n) is 2.63. The number of halogens is 3. The van der Waals surface area contributed by atoms with Gasteiger partial charge in [-0.25, -0.2) is 4.79 Å². The molecule has 0 amide bonds. The number of alkyl halides is 3. The van der Waals surface area contributed by atoms with Crippen LogP contribution in [0.15, 0.2) is 18.2 Å². The number of esters is 1. The van der Waals surface area contributed by atoms with Crippen molar-refractivity contribution in [2.45, 2.75) is 18.9 Å². The van der Waals surface area contributed by atoms with Crippen molar-refractivity contribution in [3.8, 4) is 5.75 Å². The molecule has 5 nitrogen and oxygen atoms in total. The fourth-order valence-corrected chi connectivity index (χ4v) is 1.72. The number of hydrogen-bond acceptors (Lipinski definition) is 5. The Kier molecular flexibility index (Phi) is 4.03. The number of carbonyl (C=O) groups is 1. The van der Waals surface area contributed by atoms with Crippen molar-refractivity contribution >= 4 is 11.7 Å². The normalized spacial score (nSPS) is 18.9. The highest BCUT2D eigenvalue weighted by molar-refractivity contribution is 5.91. The second-order valence-corrected chi connectivity index (χ2v) is 4.19. The number of rotatable bonds is 3. The predicted octanol–water partition coefficient (Wildman–Crippen LogP) is 2.11. The summed E-state index contributed by atoms with van der Waals surface area (Å²) in [5.41, 5.74) is 5.18. The van der Waals surface area contributed by atoms with Crippen LogP contribution in [0, 0.1) is 0 Å². The summed E-state index contributed by atoms with van der Waals surface area (Å²) in [4.78, 5) is 11.8. The maximum atomic E-state index is 12.1. The molecule has 1 saturated heterocycles. The molecular weight excluding hydrogens is 279 g/mol. The minimum absolute atomic E-state index is 0.0592. The van der Waals surface area contributed by atoms with Gasteiger partial charge < -0.3 is 19.9 Å². The molecule has 8 heteroatoms. The summed E-state index contributed by atoms with van der Waals surface area (Å²) in [5, 5.41) is 0. The lowest BCUT2D eigenvalue weighted by molar-refractivity contribution is -0.274. The highest BCUT2D eigenvalue weighted by atomic mass is 19.4. The predicted molar refractivity (Wildman–Crippen MR) is 62.2 cm³/mol. The van der Waals surface area contributed by atoms with E-state index in [0.29, 0.717) is 19.6 Å². The van der Waals surface area contributed by atoms with Crippen molar-refractivity contribution in [1.82, 2.24) is 0 Å². The van der Waals surface area contributed by atoms with Crippen LogP contribution in [0.2, 0.25) is 0 Å². The van der Waals surface area contributed by atoms with Crippen LogP contribution >= 0.6 is 0 Å². The summed E-state index contributed by atoms with van der Waals surface area (Å²) in [7, 11) is 0. The topological polar surface area (TPSA) is 70.8 Å². The first kappa shape index (κ1) is 14.4. The molecule has 110 valence electrons. The molecule has 2 rings (SSSR count). The first-order chi connectivity index (χ1) is 9.35. The molecule has 1 unspecified atom stereocenters. The summed E-state index contributed by atoms with van der Waals surface area (Å²) in [5.74, 6) is -1.22. The Morgan fingerprint density at radius 3 is 2.70 bits per heavy atom. The molecule has 0 spiro atoms. The minimum Gasteiger partial charge on any atom is -0.456 e. The maximum Gasteiger partial charge on any atom is 0.573 e. The van der Waals surface area contributed by atoms with Crippen LogP contribution < -0.4 is 10.5 Å². The molecule has 1 fully saturated rings. The molecule has 1 aromatic rings. The Labute approximate surface area is 112 Å². The molecule has 0 radical (unpaired) electrons. The second-order valence-electron chi connectivity index (χ2n) is 4.19. The average Bonchev–Trinajstić information content (AvgIpc) is 2.83. The molecule has 1 atom stereocenters. The second kappa shape index (κ2) is 5.58. The Bertz CT molecular complexity index is 498. The largest absolute Gasteiger partial charge is 0.573 e. The zero-order chi connectivity index (χ0) is 14.8. The van der Waals surface area contributed by atoms with Crippen LogP contribution in [-0.2, 0) is 9.47 Å². The maximum absolute atomic E-state index is 12.1. The van der Waals surface area contributed by atoms with E-state index in [1.54, 1.807) is 0 Å². The average molecular weight is 291 g/mol. The van der Waals surface area contributed by atoms with Gasteiger partial charge in [0.05, 0.1) is 24.5 Å². The van der Waals surface area contributed by atoms with E-state index in [9.17, 15) is 18.0 Å². The number of benzene rings is 1. The number of hydrogen-bond donors (Lipinski definition) is 1. The summed E-state index contributed by atoms with van der Waals surface area (Å²) < 4.78 is 50.1. The van der Waals surface area contributed by atoms with Gasteiger partial charge in [-0.1, -0.05) is 0 Å². The quantitative estimate of drug-likeness (QED) is 0.682. The van der Waals surface area contributed by atoms with Crippen molar-refractivity contribution in [3.63, 3.8) is 0 Å². The van der Waals surface area contributed by atoms with E-state index < -0.39 is 18.1 Å². The third-order valence-corrected chi connectivity index (χ3v) is 2.63. The van der Waals surface area contributed by atoms with Gasteiger partial charge >= 0.3 is 12.3 Å². The summed E-state index contributed by atoms with van der Waals surface area (Å²) in [6.07, 6.45) is -4.58. The standard InChI is InChI=1S/C12H12F3NO4/c13-12(14,15)20-10-2-1-7(5-9(10)16)11(17)19-8-3-4-18-6-8/h1-2,5,8H,3-4,6,16H2. The molecule has 0 aromatic heterocycles. The molecule has 0 saturated carbocycles. The zero-order valence-corrected chi connectivity index (χ0v) is 10.3. The number of nitrogens with two attached hydrogens (primary N) is 1. The molecule has 1 heterocycles. The van der Waals surface area contributed by atoms with Crippen molar-refractivity contribution in [2.75, 3.05) is 18.9 Å². The van der Waals surface area contributed by atoms with E-state index in [1.165, 1.54) is 0 Å². The highest BCUT2D eigenvalue weighted by Gasteiger charge is 2.32. The van der Waals surface area contributed by atoms with Crippen LogP contribution in [0.4, 0.5) is 18.9 Å². The van der Waals surface area contributed by atoms with E-state index in [2.05, 4.69) is 4.74 Å². The van der Waals surface area contributed by atoms with Crippen LogP contribution in [0.1, 0.15) is 16.8 Å². The molecular formula is C12H12F3NO4. The van der Waals surface area contributed by atoms with E-state index in [4.69, 9.17) is 15.2 Å². The Morgan fingerprint density at radius 1 is 1.40 bits per heavy atom. The van der Waals surface area contributed by atoms with Gasteiger partial charge in [0.2, 0.25) is 0 Å². The van der Waals surface area contributed by atoms with Crippen molar-refractivity contribution < 1.29 is 32.2 Å². The first-order valence-electron chi connectivity index (χ1n) is 5.79. The van der Waals surface area contributed by atoms with E-state index in [-0.39, 0.29) is 17.4 Å². The first-order valence-corrected chi connectivity index (χ1v) is 5.79. The lowest BCUT2D eigenvalue weighted by Crippen LogP contribution is -2.19.